The lowest BCUT2D eigenvalue weighted by Crippen LogP contribution is -2.36. The van der Waals surface area contributed by atoms with Crippen LogP contribution in [0.5, 0.6) is 0 Å². The molecule has 0 saturated carbocycles. The fourth-order valence-corrected chi connectivity index (χ4v) is 4.75. The molecule has 34 heavy (non-hydrogen) atoms. The van der Waals surface area contributed by atoms with Gasteiger partial charge in [-0.25, -0.2) is 9.37 Å². The van der Waals surface area contributed by atoms with E-state index in [1.54, 1.807) is 12.1 Å². The topological polar surface area (TPSA) is 78.1 Å². The zero-order chi connectivity index (χ0) is 23.9. The second-order valence-electron chi connectivity index (χ2n) is 8.66. The molecule has 178 valence electrons. The van der Waals surface area contributed by atoms with E-state index >= 15 is 0 Å². The van der Waals surface area contributed by atoms with Crippen molar-refractivity contribution in [2.75, 3.05) is 12.3 Å². The summed E-state index contributed by atoms with van der Waals surface area (Å²) in [5.74, 6) is -0.126. The fraction of sp³-hybridized carbons (Fsp3) is 0.346. The van der Waals surface area contributed by atoms with E-state index in [0.717, 1.165) is 30.6 Å². The number of aromatic amines is 1. The molecular weight excluding hydrogens is 451 g/mol. The van der Waals surface area contributed by atoms with Crippen LogP contribution in [-0.2, 0) is 30.7 Å². The number of nitrogens with one attached hydrogen (secondary N) is 2. The highest BCUT2D eigenvalue weighted by Crippen LogP contribution is 2.19. The first-order valence-corrected chi connectivity index (χ1v) is 12.5. The molecule has 0 saturated heterocycles. The Kier molecular flexibility index (Phi) is 8.13. The van der Waals surface area contributed by atoms with Crippen molar-refractivity contribution in [3.63, 3.8) is 0 Å². The Hall–Kier alpha value is -2.97. The molecule has 4 rings (SSSR count). The summed E-state index contributed by atoms with van der Waals surface area (Å²) in [5.41, 5.74) is 3.55. The van der Waals surface area contributed by atoms with Gasteiger partial charge in [0.1, 0.15) is 5.82 Å². The highest BCUT2D eigenvalue weighted by Gasteiger charge is 2.21. The number of amides is 1. The number of hydrogen-bond donors (Lipinski definition) is 2. The van der Waals surface area contributed by atoms with E-state index in [9.17, 15) is 14.0 Å². The second-order valence-corrected chi connectivity index (χ2v) is 9.63. The lowest BCUT2D eigenvalue weighted by molar-refractivity contribution is -0.119. The standard InChI is InChI=1S/C26H29FN4O2S/c1-18(7-8-19-5-3-2-4-6-19)28-24(32)17-34-26-29-23-13-14-31(16-22(23)25(33)30-26)15-20-9-11-21(27)12-10-20/h2-6,9-12,18H,7-8,13-17H2,1H3,(H,28,32)(H,29,30,33)/t18-/m1/s1. The van der Waals surface area contributed by atoms with Crippen molar-refractivity contribution in [1.82, 2.24) is 20.2 Å². The molecule has 0 aliphatic carbocycles. The largest absolute Gasteiger partial charge is 0.353 e. The maximum absolute atomic E-state index is 13.1. The Labute approximate surface area is 203 Å². The molecule has 3 aromatic rings. The Morgan fingerprint density at radius 1 is 1.18 bits per heavy atom. The molecular formula is C26H29FN4O2S. The van der Waals surface area contributed by atoms with Crippen molar-refractivity contribution in [1.29, 1.82) is 0 Å². The molecule has 0 unspecified atom stereocenters. The van der Waals surface area contributed by atoms with Gasteiger partial charge in [-0.1, -0.05) is 54.2 Å². The number of benzene rings is 2. The number of aromatic nitrogens is 2. The molecule has 0 radical (unpaired) electrons. The monoisotopic (exact) mass is 480 g/mol. The summed E-state index contributed by atoms with van der Waals surface area (Å²) in [7, 11) is 0. The van der Waals surface area contributed by atoms with Crippen LogP contribution < -0.4 is 10.9 Å². The van der Waals surface area contributed by atoms with Crippen LogP contribution in [0.15, 0.2) is 64.5 Å². The predicted octanol–water partition coefficient (Wildman–Crippen LogP) is 3.70. The smallest absolute Gasteiger partial charge is 0.256 e. The number of rotatable bonds is 9. The van der Waals surface area contributed by atoms with E-state index in [1.165, 1.54) is 29.5 Å². The van der Waals surface area contributed by atoms with E-state index in [2.05, 4.69) is 32.3 Å². The molecule has 6 nitrogen and oxygen atoms in total. The molecule has 1 aromatic heterocycles. The van der Waals surface area contributed by atoms with Gasteiger partial charge in [-0.2, -0.15) is 0 Å². The summed E-state index contributed by atoms with van der Waals surface area (Å²) in [5, 5.41) is 3.49. The van der Waals surface area contributed by atoms with Crippen LogP contribution in [0.25, 0.3) is 0 Å². The quantitative estimate of drug-likeness (QED) is 0.361. The molecule has 2 aromatic carbocycles. The average Bonchev–Trinajstić information content (AvgIpc) is 2.84. The first-order valence-electron chi connectivity index (χ1n) is 11.5. The van der Waals surface area contributed by atoms with Crippen LogP contribution in [0.3, 0.4) is 0 Å². The Morgan fingerprint density at radius 3 is 2.71 bits per heavy atom. The summed E-state index contributed by atoms with van der Waals surface area (Å²) in [6.07, 6.45) is 2.44. The van der Waals surface area contributed by atoms with Gasteiger partial charge in [-0.3, -0.25) is 14.5 Å². The Balaban J connectivity index is 1.27. The van der Waals surface area contributed by atoms with Crippen LogP contribution >= 0.6 is 11.8 Å². The Bertz CT molecular complexity index is 1170. The summed E-state index contributed by atoms with van der Waals surface area (Å²) in [6, 6.07) is 16.7. The summed E-state index contributed by atoms with van der Waals surface area (Å²) in [6.45, 7) is 3.92. The highest BCUT2D eigenvalue weighted by molar-refractivity contribution is 7.99. The lowest BCUT2D eigenvalue weighted by Gasteiger charge is -2.27. The van der Waals surface area contributed by atoms with Crippen LogP contribution in [0.4, 0.5) is 4.39 Å². The number of thioether (sulfide) groups is 1. The van der Waals surface area contributed by atoms with Gasteiger partial charge in [0, 0.05) is 32.1 Å². The lowest BCUT2D eigenvalue weighted by atomic mass is 10.1. The minimum absolute atomic E-state index is 0.0657. The van der Waals surface area contributed by atoms with Gasteiger partial charge in [-0.15, -0.1) is 0 Å². The van der Waals surface area contributed by atoms with Gasteiger partial charge in [0.15, 0.2) is 5.16 Å². The second kappa shape index (κ2) is 11.4. The van der Waals surface area contributed by atoms with Crippen molar-refractivity contribution < 1.29 is 9.18 Å². The molecule has 1 atom stereocenters. The van der Waals surface area contributed by atoms with Crippen molar-refractivity contribution in [2.24, 2.45) is 0 Å². The van der Waals surface area contributed by atoms with Gasteiger partial charge >= 0.3 is 0 Å². The maximum atomic E-state index is 13.1. The molecule has 0 spiro atoms. The minimum atomic E-state index is -0.256. The predicted molar refractivity (Wildman–Crippen MR) is 132 cm³/mol. The average molecular weight is 481 g/mol. The maximum Gasteiger partial charge on any atom is 0.256 e. The van der Waals surface area contributed by atoms with Crippen LogP contribution in [-0.4, -0.2) is 39.1 Å². The SMILES string of the molecule is C[C@H](CCc1ccccc1)NC(=O)CSc1nc2c(c(=O)[nH]1)CN(Cc1ccc(F)cc1)CC2. The van der Waals surface area contributed by atoms with Gasteiger partial charge < -0.3 is 10.3 Å². The number of aryl methyl sites for hydroxylation is 1. The molecule has 2 N–H and O–H groups in total. The number of H-pyrrole nitrogens is 1. The summed E-state index contributed by atoms with van der Waals surface area (Å²) in [4.78, 5) is 34.6. The van der Waals surface area contributed by atoms with Crippen molar-refractivity contribution >= 4 is 17.7 Å². The summed E-state index contributed by atoms with van der Waals surface area (Å²) >= 11 is 1.25. The van der Waals surface area contributed by atoms with Crippen molar-refractivity contribution in [3.05, 3.63) is 93.2 Å². The van der Waals surface area contributed by atoms with Crippen molar-refractivity contribution in [2.45, 2.75) is 50.5 Å². The highest BCUT2D eigenvalue weighted by atomic mass is 32.2. The third-order valence-corrected chi connectivity index (χ3v) is 6.77. The van der Waals surface area contributed by atoms with E-state index in [0.29, 0.717) is 30.2 Å². The van der Waals surface area contributed by atoms with Gasteiger partial charge in [0.25, 0.3) is 5.56 Å². The molecule has 1 amide bonds. The molecule has 8 heteroatoms. The number of fused-ring (bicyclic) bond motifs is 1. The van der Waals surface area contributed by atoms with Crippen molar-refractivity contribution in [3.8, 4) is 0 Å². The van der Waals surface area contributed by atoms with Crippen LogP contribution in [0.2, 0.25) is 0 Å². The van der Waals surface area contributed by atoms with Gasteiger partial charge in [-0.05, 0) is 43.0 Å². The van der Waals surface area contributed by atoms with E-state index < -0.39 is 0 Å². The molecule has 1 aliphatic rings. The molecule has 2 heterocycles. The van der Waals surface area contributed by atoms with E-state index in [4.69, 9.17) is 0 Å². The molecule has 0 fully saturated rings. The number of carbonyl (C=O) groups is 1. The van der Waals surface area contributed by atoms with Gasteiger partial charge in [0.2, 0.25) is 5.91 Å². The van der Waals surface area contributed by atoms with E-state index in [1.807, 2.05) is 25.1 Å². The molecule has 0 bridgehead atoms. The third-order valence-electron chi connectivity index (χ3n) is 5.90. The fourth-order valence-electron chi connectivity index (χ4n) is 4.06. The van der Waals surface area contributed by atoms with E-state index in [-0.39, 0.29) is 29.1 Å². The van der Waals surface area contributed by atoms with Crippen LogP contribution in [0.1, 0.15) is 35.7 Å². The number of halogens is 1. The number of hydrogen-bond acceptors (Lipinski definition) is 5. The van der Waals surface area contributed by atoms with Gasteiger partial charge in [0.05, 0.1) is 17.0 Å². The first kappa shape index (κ1) is 24.2. The number of carbonyl (C=O) groups excluding carboxylic acids is 1. The first-order chi connectivity index (χ1) is 16.5. The molecule has 1 aliphatic heterocycles. The zero-order valence-electron chi connectivity index (χ0n) is 19.2. The third kappa shape index (κ3) is 6.77. The number of nitrogens with zero attached hydrogens (tertiary/aromatic N) is 2. The normalized spacial score (nSPS) is 14.4. The zero-order valence-corrected chi connectivity index (χ0v) is 20.0. The summed E-state index contributed by atoms with van der Waals surface area (Å²) < 4.78 is 13.1. The Morgan fingerprint density at radius 2 is 1.94 bits per heavy atom. The van der Waals surface area contributed by atoms with Crippen LogP contribution in [0, 0.1) is 5.82 Å². The minimum Gasteiger partial charge on any atom is -0.353 e.